The van der Waals surface area contributed by atoms with Crippen LogP contribution in [-0.4, -0.2) is 27.4 Å². The molecule has 6 heteroatoms. The van der Waals surface area contributed by atoms with Crippen molar-refractivity contribution < 1.29 is 4.79 Å². The molecule has 1 heterocycles. The zero-order chi connectivity index (χ0) is 18.5. The van der Waals surface area contributed by atoms with Gasteiger partial charge in [0.25, 0.3) is 0 Å². The molecule has 134 valence electrons. The summed E-state index contributed by atoms with van der Waals surface area (Å²) in [6.07, 6.45) is 2.44. The van der Waals surface area contributed by atoms with E-state index in [1.165, 1.54) is 11.8 Å². The molecule has 2 aromatic rings. The summed E-state index contributed by atoms with van der Waals surface area (Å²) in [7, 11) is 0. The Morgan fingerprint density at radius 1 is 1.19 bits per heavy atom. The van der Waals surface area contributed by atoms with Crippen molar-refractivity contribution in [2.45, 2.75) is 32.1 Å². The molecule has 4 nitrogen and oxygen atoms in total. The molecule has 0 radical (unpaired) electrons. The predicted octanol–water partition coefficient (Wildman–Crippen LogP) is 4.89. The number of benzene rings is 2. The molecule has 0 aliphatic carbocycles. The van der Waals surface area contributed by atoms with Crippen molar-refractivity contribution >= 4 is 40.7 Å². The Balaban J connectivity index is 1.81. The maximum Gasteiger partial charge on any atom is 0.242 e. The Bertz CT molecular complexity index is 848. The van der Waals surface area contributed by atoms with Gasteiger partial charge in [-0.25, -0.2) is 0 Å². The SMILES string of the molecule is CCC1SC(=NN=Cc2ccc(Cl)cc2)N(Cc2ccccc2C)C1=O. The van der Waals surface area contributed by atoms with Gasteiger partial charge in [-0.1, -0.05) is 66.7 Å². The summed E-state index contributed by atoms with van der Waals surface area (Å²) in [5, 5.41) is 9.73. The molecule has 26 heavy (non-hydrogen) atoms. The highest BCUT2D eigenvalue weighted by Crippen LogP contribution is 2.31. The minimum absolute atomic E-state index is 0.0940. The van der Waals surface area contributed by atoms with Crippen molar-refractivity contribution in [3.63, 3.8) is 0 Å². The first kappa shape index (κ1) is 18.7. The number of hydrogen-bond acceptors (Lipinski definition) is 4. The Labute approximate surface area is 163 Å². The first-order valence-corrected chi connectivity index (χ1v) is 9.73. The van der Waals surface area contributed by atoms with E-state index >= 15 is 0 Å². The molecule has 0 aromatic heterocycles. The summed E-state index contributed by atoms with van der Waals surface area (Å²) < 4.78 is 0. The van der Waals surface area contributed by atoms with Crippen molar-refractivity contribution in [3.05, 3.63) is 70.2 Å². The first-order chi connectivity index (χ1) is 12.6. The van der Waals surface area contributed by atoms with E-state index < -0.39 is 0 Å². The van der Waals surface area contributed by atoms with Gasteiger partial charge in [-0.3, -0.25) is 9.69 Å². The number of rotatable bonds is 5. The molecular formula is C20H20ClN3OS. The quantitative estimate of drug-likeness (QED) is 0.543. The Kier molecular flexibility index (Phi) is 6.12. The van der Waals surface area contributed by atoms with Crippen LogP contribution >= 0.6 is 23.4 Å². The number of aryl methyl sites for hydroxylation is 1. The average molecular weight is 386 g/mol. The molecule has 3 rings (SSSR count). The number of carbonyl (C=O) groups is 1. The molecule has 0 N–H and O–H groups in total. The molecule has 1 saturated heterocycles. The zero-order valence-electron chi connectivity index (χ0n) is 14.7. The predicted molar refractivity (Wildman–Crippen MR) is 110 cm³/mol. The van der Waals surface area contributed by atoms with Gasteiger partial charge in [0.05, 0.1) is 18.0 Å². The average Bonchev–Trinajstić information content (AvgIpc) is 2.94. The van der Waals surface area contributed by atoms with Crippen molar-refractivity contribution in [1.82, 2.24) is 4.90 Å². The molecule has 1 aliphatic heterocycles. The number of amides is 1. The standard InChI is InChI=1S/C20H20ClN3OS/c1-3-18-19(25)24(13-16-7-5-4-6-14(16)2)20(26-18)23-22-12-15-8-10-17(21)11-9-15/h4-12,18H,3,13H2,1-2H3. The Morgan fingerprint density at radius 3 is 2.62 bits per heavy atom. The largest absolute Gasteiger partial charge is 0.284 e. The second kappa shape index (κ2) is 8.52. The van der Waals surface area contributed by atoms with Gasteiger partial charge in [0, 0.05) is 5.02 Å². The summed E-state index contributed by atoms with van der Waals surface area (Å²) in [6.45, 7) is 4.58. The molecule has 1 unspecified atom stereocenters. The van der Waals surface area contributed by atoms with Crippen LogP contribution in [0.2, 0.25) is 5.02 Å². The van der Waals surface area contributed by atoms with Crippen LogP contribution in [0.15, 0.2) is 58.7 Å². The van der Waals surface area contributed by atoms with Crippen LogP contribution in [0.4, 0.5) is 0 Å². The molecular weight excluding hydrogens is 366 g/mol. The third-order valence-corrected chi connectivity index (χ3v) is 5.78. The van der Waals surface area contributed by atoms with Gasteiger partial charge >= 0.3 is 0 Å². The molecule has 1 aliphatic rings. The van der Waals surface area contributed by atoms with Gasteiger partial charge in [-0.15, -0.1) is 5.10 Å². The van der Waals surface area contributed by atoms with Crippen LogP contribution in [0.5, 0.6) is 0 Å². The van der Waals surface area contributed by atoms with E-state index in [-0.39, 0.29) is 11.2 Å². The third-order valence-electron chi connectivity index (χ3n) is 4.20. The Hall–Kier alpha value is -2.11. The van der Waals surface area contributed by atoms with E-state index in [1.54, 1.807) is 11.1 Å². The molecule has 1 atom stereocenters. The minimum Gasteiger partial charge on any atom is -0.284 e. The van der Waals surface area contributed by atoms with Gasteiger partial charge in [0.1, 0.15) is 0 Å². The van der Waals surface area contributed by atoms with Crippen molar-refractivity contribution in [2.24, 2.45) is 10.2 Å². The van der Waals surface area contributed by atoms with Crippen LogP contribution in [-0.2, 0) is 11.3 Å². The summed E-state index contributed by atoms with van der Waals surface area (Å²) in [6, 6.07) is 15.4. The molecule has 1 fully saturated rings. The highest BCUT2D eigenvalue weighted by molar-refractivity contribution is 8.15. The van der Waals surface area contributed by atoms with Gasteiger partial charge in [0.15, 0.2) is 5.17 Å². The number of nitrogens with zero attached hydrogens (tertiary/aromatic N) is 3. The normalized spacial score (nSPS) is 19.0. The lowest BCUT2D eigenvalue weighted by molar-refractivity contribution is -0.126. The molecule has 0 spiro atoms. The Morgan fingerprint density at radius 2 is 1.92 bits per heavy atom. The summed E-state index contributed by atoms with van der Waals surface area (Å²) >= 11 is 7.37. The van der Waals surface area contributed by atoms with Crippen LogP contribution in [0.3, 0.4) is 0 Å². The zero-order valence-corrected chi connectivity index (χ0v) is 16.3. The van der Waals surface area contributed by atoms with Crippen LogP contribution in [0.25, 0.3) is 0 Å². The molecule has 1 amide bonds. The fraction of sp³-hybridized carbons (Fsp3) is 0.250. The van der Waals surface area contributed by atoms with E-state index in [4.69, 9.17) is 11.6 Å². The van der Waals surface area contributed by atoms with Gasteiger partial charge in [-0.2, -0.15) is 5.10 Å². The fourth-order valence-electron chi connectivity index (χ4n) is 2.64. The lowest BCUT2D eigenvalue weighted by Gasteiger charge is -2.17. The molecule has 2 aromatic carbocycles. The summed E-state index contributed by atoms with van der Waals surface area (Å²) in [5.74, 6) is 0.0983. The monoisotopic (exact) mass is 385 g/mol. The van der Waals surface area contributed by atoms with Crippen molar-refractivity contribution in [3.8, 4) is 0 Å². The third kappa shape index (κ3) is 4.34. The summed E-state index contributed by atoms with van der Waals surface area (Å²) in [5.41, 5.74) is 3.19. The van der Waals surface area contributed by atoms with E-state index in [0.717, 1.165) is 23.1 Å². The molecule has 0 saturated carbocycles. The first-order valence-electron chi connectivity index (χ1n) is 8.47. The lowest BCUT2D eigenvalue weighted by atomic mass is 10.1. The maximum atomic E-state index is 12.7. The van der Waals surface area contributed by atoms with E-state index in [9.17, 15) is 4.79 Å². The number of hydrogen-bond donors (Lipinski definition) is 0. The van der Waals surface area contributed by atoms with E-state index in [2.05, 4.69) is 23.2 Å². The smallest absolute Gasteiger partial charge is 0.242 e. The van der Waals surface area contributed by atoms with E-state index in [1.807, 2.05) is 49.4 Å². The molecule has 0 bridgehead atoms. The van der Waals surface area contributed by atoms with E-state index in [0.29, 0.717) is 16.7 Å². The number of halogens is 1. The summed E-state index contributed by atoms with van der Waals surface area (Å²) in [4.78, 5) is 14.4. The number of amidine groups is 1. The van der Waals surface area contributed by atoms with Crippen LogP contribution in [0.1, 0.15) is 30.0 Å². The number of carbonyl (C=O) groups excluding carboxylic acids is 1. The number of thioether (sulfide) groups is 1. The highest BCUT2D eigenvalue weighted by atomic mass is 35.5. The van der Waals surface area contributed by atoms with Crippen LogP contribution < -0.4 is 0 Å². The van der Waals surface area contributed by atoms with Crippen LogP contribution in [0, 0.1) is 6.92 Å². The highest BCUT2D eigenvalue weighted by Gasteiger charge is 2.37. The van der Waals surface area contributed by atoms with Gasteiger partial charge in [-0.05, 0) is 42.2 Å². The van der Waals surface area contributed by atoms with Gasteiger partial charge < -0.3 is 0 Å². The second-order valence-corrected chi connectivity index (χ2v) is 7.65. The van der Waals surface area contributed by atoms with Gasteiger partial charge in [0.2, 0.25) is 5.91 Å². The second-order valence-electron chi connectivity index (χ2n) is 6.04. The van der Waals surface area contributed by atoms with Crippen molar-refractivity contribution in [2.75, 3.05) is 0 Å². The fourth-order valence-corrected chi connectivity index (χ4v) is 3.79. The lowest BCUT2D eigenvalue weighted by Crippen LogP contribution is -2.31. The topological polar surface area (TPSA) is 45.0 Å². The maximum absolute atomic E-state index is 12.7. The van der Waals surface area contributed by atoms with Crippen molar-refractivity contribution in [1.29, 1.82) is 0 Å². The minimum atomic E-state index is -0.0940.